The maximum Gasteiger partial charge on any atom is 0.244 e. The number of aryl methyl sites for hydroxylation is 1. The van der Waals surface area contributed by atoms with Gasteiger partial charge in [0, 0.05) is 22.4 Å². The van der Waals surface area contributed by atoms with Gasteiger partial charge in [0.2, 0.25) is 5.91 Å². The first-order valence-corrected chi connectivity index (χ1v) is 5.92. The van der Waals surface area contributed by atoms with E-state index >= 15 is 0 Å². The third-order valence-corrected chi connectivity index (χ3v) is 2.81. The number of carbonyl (C=O) groups is 1. The molecule has 1 rings (SSSR count). The van der Waals surface area contributed by atoms with Gasteiger partial charge in [-0.05, 0) is 31.1 Å². The molecule has 0 radical (unpaired) electrons. The summed E-state index contributed by atoms with van der Waals surface area (Å²) in [5.74, 6) is 0.473. The van der Waals surface area contributed by atoms with Crippen molar-refractivity contribution < 1.29 is 4.79 Å². The fraction of sp³-hybridized carbons (Fsp3) is 0.417. The molecule has 1 heterocycles. The maximum absolute atomic E-state index is 11.3. The summed E-state index contributed by atoms with van der Waals surface area (Å²) in [4.78, 5) is 13.7. The van der Waals surface area contributed by atoms with Gasteiger partial charge in [-0.3, -0.25) is 4.79 Å². The van der Waals surface area contributed by atoms with Gasteiger partial charge in [0.25, 0.3) is 0 Å². The van der Waals surface area contributed by atoms with Crippen LogP contribution in [0.25, 0.3) is 6.08 Å². The predicted molar refractivity (Wildman–Crippen MR) is 65.9 cm³/mol. The molecule has 3 heteroatoms. The van der Waals surface area contributed by atoms with Gasteiger partial charge in [-0.2, -0.15) is 0 Å². The van der Waals surface area contributed by atoms with E-state index in [9.17, 15) is 4.79 Å². The normalized spacial score (nSPS) is 11.2. The molecule has 1 aromatic rings. The molecule has 0 unspecified atom stereocenters. The summed E-state index contributed by atoms with van der Waals surface area (Å²) in [6.07, 6.45) is 3.45. The van der Waals surface area contributed by atoms with E-state index in [4.69, 9.17) is 0 Å². The lowest BCUT2D eigenvalue weighted by molar-refractivity contribution is -0.116. The van der Waals surface area contributed by atoms with Gasteiger partial charge in [-0.25, -0.2) is 0 Å². The van der Waals surface area contributed by atoms with E-state index in [1.54, 1.807) is 17.4 Å². The second kappa shape index (κ2) is 5.71. The summed E-state index contributed by atoms with van der Waals surface area (Å²) < 4.78 is 0. The Bertz CT molecular complexity index is 352. The van der Waals surface area contributed by atoms with E-state index in [2.05, 4.69) is 32.2 Å². The van der Waals surface area contributed by atoms with Crippen molar-refractivity contribution in [3.63, 3.8) is 0 Å². The Hall–Kier alpha value is -1.09. The second-order valence-electron chi connectivity index (χ2n) is 3.92. The molecule has 0 aromatic carbocycles. The van der Waals surface area contributed by atoms with Gasteiger partial charge in [0.1, 0.15) is 0 Å². The number of rotatable bonds is 4. The van der Waals surface area contributed by atoms with Crippen molar-refractivity contribution in [2.24, 2.45) is 5.92 Å². The van der Waals surface area contributed by atoms with Gasteiger partial charge in [0.15, 0.2) is 0 Å². The highest BCUT2D eigenvalue weighted by atomic mass is 32.1. The van der Waals surface area contributed by atoms with Crippen LogP contribution in [0.3, 0.4) is 0 Å². The van der Waals surface area contributed by atoms with Crippen molar-refractivity contribution in [1.82, 2.24) is 5.32 Å². The summed E-state index contributed by atoms with van der Waals surface area (Å²) in [5.41, 5.74) is 0. The fourth-order valence-corrected chi connectivity index (χ4v) is 1.84. The van der Waals surface area contributed by atoms with Gasteiger partial charge in [0.05, 0.1) is 0 Å². The molecule has 0 bridgehead atoms. The van der Waals surface area contributed by atoms with Crippen LogP contribution in [0.15, 0.2) is 18.2 Å². The van der Waals surface area contributed by atoms with E-state index in [1.807, 2.05) is 12.1 Å². The highest BCUT2D eigenvalue weighted by Gasteiger charge is 1.97. The van der Waals surface area contributed by atoms with Crippen LogP contribution in [0.2, 0.25) is 0 Å². The molecule has 1 aromatic heterocycles. The molecule has 2 nitrogen and oxygen atoms in total. The topological polar surface area (TPSA) is 29.1 Å². The van der Waals surface area contributed by atoms with E-state index in [0.717, 1.165) is 11.4 Å². The average molecular weight is 223 g/mol. The Labute approximate surface area is 95.0 Å². The van der Waals surface area contributed by atoms with Crippen LogP contribution in [-0.4, -0.2) is 12.5 Å². The number of amides is 1. The van der Waals surface area contributed by atoms with Crippen LogP contribution in [0, 0.1) is 12.8 Å². The van der Waals surface area contributed by atoms with Crippen LogP contribution in [0.4, 0.5) is 0 Å². The minimum absolute atomic E-state index is 0.0187. The minimum Gasteiger partial charge on any atom is -0.352 e. The summed E-state index contributed by atoms with van der Waals surface area (Å²) in [7, 11) is 0. The number of hydrogen-bond donors (Lipinski definition) is 1. The quantitative estimate of drug-likeness (QED) is 0.781. The highest BCUT2D eigenvalue weighted by molar-refractivity contribution is 7.12. The van der Waals surface area contributed by atoms with Crippen LogP contribution >= 0.6 is 11.3 Å². The molecule has 0 spiro atoms. The monoisotopic (exact) mass is 223 g/mol. The molecule has 82 valence electrons. The van der Waals surface area contributed by atoms with Crippen LogP contribution in [0.1, 0.15) is 23.6 Å². The first-order valence-electron chi connectivity index (χ1n) is 5.10. The van der Waals surface area contributed by atoms with Gasteiger partial charge >= 0.3 is 0 Å². The zero-order valence-corrected chi connectivity index (χ0v) is 10.2. The molecule has 1 amide bonds. The van der Waals surface area contributed by atoms with E-state index in [0.29, 0.717) is 5.92 Å². The van der Waals surface area contributed by atoms with Gasteiger partial charge in [-0.15, -0.1) is 11.3 Å². The minimum atomic E-state index is -0.0187. The molecule has 0 aliphatic heterocycles. The van der Waals surface area contributed by atoms with Crippen molar-refractivity contribution in [3.05, 3.63) is 28.0 Å². The summed E-state index contributed by atoms with van der Waals surface area (Å²) in [6, 6.07) is 4.07. The van der Waals surface area contributed by atoms with E-state index < -0.39 is 0 Å². The number of thiophene rings is 1. The SMILES string of the molecule is Cc1ccc(C=CC(=O)NCC(C)C)s1. The zero-order chi connectivity index (χ0) is 11.3. The molecule has 15 heavy (non-hydrogen) atoms. The highest BCUT2D eigenvalue weighted by Crippen LogP contribution is 2.16. The number of nitrogens with one attached hydrogen (secondary N) is 1. The molecule has 0 aliphatic rings. The predicted octanol–water partition coefficient (Wildman–Crippen LogP) is 2.84. The third-order valence-electron chi connectivity index (χ3n) is 1.84. The van der Waals surface area contributed by atoms with Crippen molar-refractivity contribution in [2.75, 3.05) is 6.54 Å². The molecular formula is C12H17NOS. The first-order chi connectivity index (χ1) is 7.08. The Morgan fingerprint density at radius 3 is 2.80 bits per heavy atom. The molecule has 0 saturated carbocycles. The summed E-state index contributed by atoms with van der Waals surface area (Å²) in [5, 5.41) is 2.84. The Kier molecular flexibility index (Phi) is 4.56. The van der Waals surface area contributed by atoms with Crippen LogP contribution < -0.4 is 5.32 Å². The third kappa shape index (κ3) is 4.79. The molecule has 1 N–H and O–H groups in total. The largest absolute Gasteiger partial charge is 0.352 e. The smallest absolute Gasteiger partial charge is 0.244 e. The standard InChI is InChI=1S/C12H17NOS/c1-9(2)8-13-12(14)7-6-11-5-4-10(3)15-11/h4-7,9H,8H2,1-3H3,(H,13,14). The van der Waals surface area contributed by atoms with E-state index in [-0.39, 0.29) is 5.91 Å². The van der Waals surface area contributed by atoms with Gasteiger partial charge in [-0.1, -0.05) is 13.8 Å². The van der Waals surface area contributed by atoms with Gasteiger partial charge < -0.3 is 5.32 Å². The summed E-state index contributed by atoms with van der Waals surface area (Å²) in [6.45, 7) is 6.94. The first kappa shape index (κ1) is 12.0. The fourth-order valence-electron chi connectivity index (χ4n) is 1.06. The average Bonchev–Trinajstić information content (AvgIpc) is 2.58. The summed E-state index contributed by atoms with van der Waals surface area (Å²) >= 11 is 1.69. The maximum atomic E-state index is 11.3. The molecule has 0 saturated heterocycles. The second-order valence-corrected chi connectivity index (χ2v) is 5.24. The molecule has 0 fully saturated rings. The Balaban J connectivity index is 2.40. The lowest BCUT2D eigenvalue weighted by Gasteiger charge is -2.03. The van der Waals surface area contributed by atoms with Crippen LogP contribution in [-0.2, 0) is 4.79 Å². The number of hydrogen-bond acceptors (Lipinski definition) is 2. The molecular weight excluding hydrogens is 206 g/mol. The van der Waals surface area contributed by atoms with Crippen molar-refractivity contribution in [2.45, 2.75) is 20.8 Å². The van der Waals surface area contributed by atoms with Crippen molar-refractivity contribution >= 4 is 23.3 Å². The Morgan fingerprint density at radius 2 is 2.27 bits per heavy atom. The number of carbonyl (C=O) groups excluding carboxylic acids is 1. The lowest BCUT2D eigenvalue weighted by atomic mass is 10.2. The molecule has 0 atom stereocenters. The molecule has 0 aliphatic carbocycles. The Morgan fingerprint density at radius 1 is 1.53 bits per heavy atom. The van der Waals surface area contributed by atoms with E-state index in [1.165, 1.54) is 4.88 Å². The van der Waals surface area contributed by atoms with Crippen molar-refractivity contribution in [1.29, 1.82) is 0 Å². The van der Waals surface area contributed by atoms with Crippen LogP contribution in [0.5, 0.6) is 0 Å². The lowest BCUT2D eigenvalue weighted by Crippen LogP contribution is -2.25. The zero-order valence-electron chi connectivity index (χ0n) is 9.41. The van der Waals surface area contributed by atoms with Crippen molar-refractivity contribution in [3.8, 4) is 0 Å².